The molecule has 32 heavy (non-hydrogen) atoms. The van der Waals surface area contributed by atoms with E-state index in [-0.39, 0.29) is 12.5 Å². The molecule has 0 spiro atoms. The second-order valence-electron chi connectivity index (χ2n) is 8.63. The van der Waals surface area contributed by atoms with E-state index in [2.05, 4.69) is 93.3 Å². The molecule has 0 aliphatic heterocycles. The SMILES string of the molecule is COC(=O)CNc1ccc(-c2c(C)c(C)c(-c3ccc(NC(C)C)cc3)c(C)c2C)cc1. The molecule has 0 saturated carbocycles. The summed E-state index contributed by atoms with van der Waals surface area (Å²) in [6.07, 6.45) is 0. The van der Waals surface area contributed by atoms with Gasteiger partial charge in [0.15, 0.2) is 0 Å². The Labute approximate surface area is 192 Å². The predicted octanol–water partition coefficient (Wildman–Crippen LogP) is 6.66. The number of anilines is 2. The Bertz CT molecular complexity index is 1070. The number of hydrogen-bond acceptors (Lipinski definition) is 4. The lowest BCUT2D eigenvalue weighted by Gasteiger charge is -2.22. The van der Waals surface area contributed by atoms with E-state index in [4.69, 9.17) is 0 Å². The van der Waals surface area contributed by atoms with Gasteiger partial charge in [0.25, 0.3) is 0 Å². The van der Waals surface area contributed by atoms with Crippen LogP contribution in [0.3, 0.4) is 0 Å². The first-order valence-electron chi connectivity index (χ1n) is 11.1. The van der Waals surface area contributed by atoms with Gasteiger partial charge in [0.1, 0.15) is 6.54 Å². The number of carbonyl (C=O) groups excluding carboxylic acids is 1. The van der Waals surface area contributed by atoms with Crippen molar-refractivity contribution >= 4 is 17.3 Å². The van der Waals surface area contributed by atoms with Crippen LogP contribution in [0.1, 0.15) is 36.1 Å². The van der Waals surface area contributed by atoms with Gasteiger partial charge in [-0.05, 0) is 110 Å². The van der Waals surface area contributed by atoms with Crippen molar-refractivity contribution in [1.82, 2.24) is 0 Å². The van der Waals surface area contributed by atoms with E-state index in [0.29, 0.717) is 6.04 Å². The Hall–Kier alpha value is -3.27. The highest BCUT2D eigenvalue weighted by atomic mass is 16.5. The summed E-state index contributed by atoms with van der Waals surface area (Å²) in [6.45, 7) is 13.3. The topological polar surface area (TPSA) is 50.4 Å². The van der Waals surface area contributed by atoms with Gasteiger partial charge in [0.2, 0.25) is 0 Å². The van der Waals surface area contributed by atoms with Crippen LogP contribution in [0.25, 0.3) is 22.3 Å². The van der Waals surface area contributed by atoms with Crippen molar-refractivity contribution < 1.29 is 9.53 Å². The summed E-state index contributed by atoms with van der Waals surface area (Å²) < 4.78 is 4.69. The van der Waals surface area contributed by atoms with Gasteiger partial charge < -0.3 is 15.4 Å². The van der Waals surface area contributed by atoms with Crippen LogP contribution in [-0.4, -0.2) is 25.7 Å². The van der Waals surface area contributed by atoms with Crippen LogP contribution >= 0.6 is 0 Å². The van der Waals surface area contributed by atoms with Crippen molar-refractivity contribution in [3.05, 3.63) is 70.8 Å². The number of esters is 1. The van der Waals surface area contributed by atoms with E-state index in [1.807, 2.05) is 12.1 Å². The zero-order chi connectivity index (χ0) is 23.4. The number of ether oxygens (including phenoxy) is 1. The first-order valence-corrected chi connectivity index (χ1v) is 11.1. The molecule has 4 heteroatoms. The van der Waals surface area contributed by atoms with Crippen molar-refractivity contribution in [3.63, 3.8) is 0 Å². The van der Waals surface area contributed by atoms with Crippen LogP contribution in [0.5, 0.6) is 0 Å². The lowest BCUT2D eigenvalue weighted by Crippen LogP contribution is -2.14. The molecule has 0 bridgehead atoms. The molecule has 0 fully saturated rings. The molecule has 0 saturated heterocycles. The van der Waals surface area contributed by atoms with Crippen molar-refractivity contribution in [2.24, 2.45) is 0 Å². The van der Waals surface area contributed by atoms with E-state index < -0.39 is 0 Å². The fraction of sp³-hybridized carbons (Fsp3) is 0.321. The smallest absolute Gasteiger partial charge is 0.325 e. The van der Waals surface area contributed by atoms with E-state index >= 15 is 0 Å². The van der Waals surface area contributed by atoms with Gasteiger partial charge in [-0.1, -0.05) is 24.3 Å². The molecule has 0 aliphatic carbocycles. The minimum atomic E-state index is -0.282. The maximum Gasteiger partial charge on any atom is 0.325 e. The maximum absolute atomic E-state index is 11.4. The largest absolute Gasteiger partial charge is 0.468 e. The standard InChI is InChI=1S/C28H34N2O2/c1-17(2)30-25-14-10-23(11-15-25)28-20(5)18(3)27(19(4)21(28)6)22-8-12-24(13-9-22)29-16-26(31)32-7/h8-15,17,29-30H,16H2,1-7H3. The predicted molar refractivity (Wildman–Crippen MR) is 136 cm³/mol. The third-order valence-electron chi connectivity index (χ3n) is 6.09. The Morgan fingerprint density at radius 2 is 1.16 bits per heavy atom. The Balaban J connectivity index is 1.96. The zero-order valence-electron chi connectivity index (χ0n) is 20.2. The first kappa shape index (κ1) is 23.4. The molecule has 0 unspecified atom stereocenters. The molecule has 0 aromatic heterocycles. The molecular formula is C28H34N2O2. The molecule has 0 heterocycles. The second-order valence-corrected chi connectivity index (χ2v) is 8.63. The highest BCUT2D eigenvalue weighted by molar-refractivity contribution is 5.83. The summed E-state index contributed by atoms with van der Waals surface area (Å²) in [5, 5.41) is 6.55. The number of carbonyl (C=O) groups is 1. The minimum absolute atomic E-state index is 0.159. The van der Waals surface area contributed by atoms with Crippen LogP contribution < -0.4 is 10.6 Å². The van der Waals surface area contributed by atoms with Gasteiger partial charge in [-0.25, -0.2) is 0 Å². The van der Waals surface area contributed by atoms with Gasteiger partial charge in [-0.15, -0.1) is 0 Å². The fourth-order valence-corrected chi connectivity index (χ4v) is 4.25. The molecule has 0 amide bonds. The van der Waals surface area contributed by atoms with Gasteiger partial charge in [-0.2, -0.15) is 0 Å². The highest BCUT2D eigenvalue weighted by Crippen LogP contribution is 2.39. The monoisotopic (exact) mass is 430 g/mol. The molecule has 2 N–H and O–H groups in total. The van der Waals surface area contributed by atoms with Crippen molar-refractivity contribution in [1.29, 1.82) is 0 Å². The van der Waals surface area contributed by atoms with Gasteiger partial charge in [0.05, 0.1) is 7.11 Å². The minimum Gasteiger partial charge on any atom is -0.468 e. The molecule has 0 aliphatic rings. The van der Waals surface area contributed by atoms with Gasteiger partial charge in [-0.3, -0.25) is 4.79 Å². The highest BCUT2D eigenvalue weighted by Gasteiger charge is 2.17. The Morgan fingerprint density at radius 3 is 1.53 bits per heavy atom. The second kappa shape index (κ2) is 9.90. The Kier molecular flexibility index (Phi) is 7.24. The third kappa shape index (κ3) is 4.96. The molecule has 0 atom stereocenters. The number of rotatable bonds is 7. The van der Waals surface area contributed by atoms with Crippen LogP contribution in [0.4, 0.5) is 11.4 Å². The molecule has 0 radical (unpaired) electrons. The molecule has 3 rings (SSSR count). The third-order valence-corrected chi connectivity index (χ3v) is 6.09. The summed E-state index contributed by atoms with van der Waals surface area (Å²) in [6, 6.07) is 17.4. The summed E-state index contributed by atoms with van der Waals surface area (Å²) >= 11 is 0. The van der Waals surface area contributed by atoms with Crippen LogP contribution in [0, 0.1) is 27.7 Å². The summed E-state index contributed by atoms with van der Waals surface area (Å²) in [5.41, 5.74) is 12.3. The normalized spacial score (nSPS) is 10.9. The van der Waals surface area contributed by atoms with E-state index in [1.54, 1.807) is 0 Å². The van der Waals surface area contributed by atoms with Crippen molar-refractivity contribution in [2.75, 3.05) is 24.3 Å². The number of nitrogens with one attached hydrogen (secondary N) is 2. The van der Waals surface area contributed by atoms with Crippen LogP contribution in [0.2, 0.25) is 0 Å². The summed E-state index contributed by atoms with van der Waals surface area (Å²) in [4.78, 5) is 11.4. The average Bonchev–Trinajstić information content (AvgIpc) is 2.78. The van der Waals surface area contributed by atoms with Crippen LogP contribution in [0.15, 0.2) is 48.5 Å². The zero-order valence-corrected chi connectivity index (χ0v) is 20.2. The summed E-state index contributed by atoms with van der Waals surface area (Å²) in [5.74, 6) is -0.282. The Morgan fingerprint density at radius 1 is 0.750 bits per heavy atom. The average molecular weight is 431 g/mol. The molecule has 3 aromatic rings. The lowest BCUT2D eigenvalue weighted by atomic mass is 9.83. The van der Waals surface area contributed by atoms with E-state index in [0.717, 1.165) is 11.4 Å². The van der Waals surface area contributed by atoms with Crippen molar-refractivity contribution in [2.45, 2.75) is 47.6 Å². The van der Waals surface area contributed by atoms with Gasteiger partial charge in [0, 0.05) is 17.4 Å². The van der Waals surface area contributed by atoms with E-state index in [1.165, 1.54) is 51.6 Å². The number of hydrogen-bond donors (Lipinski definition) is 2. The molecule has 3 aromatic carbocycles. The van der Waals surface area contributed by atoms with E-state index in [9.17, 15) is 4.79 Å². The maximum atomic E-state index is 11.4. The molecule has 168 valence electrons. The van der Waals surface area contributed by atoms with Crippen LogP contribution in [-0.2, 0) is 9.53 Å². The molecular weight excluding hydrogens is 396 g/mol. The summed E-state index contributed by atoms with van der Waals surface area (Å²) in [7, 11) is 1.39. The van der Waals surface area contributed by atoms with Gasteiger partial charge >= 0.3 is 5.97 Å². The number of benzene rings is 3. The van der Waals surface area contributed by atoms with Crippen molar-refractivity contribution in [3.8, 4) is 22.3 Å². The lowest BCUT2D eigenvalue weighted by molar-refractivity contribution is -0.138. The number of methoxy groups -OCH3 is 1. The fourth-order valence-electron chi connectivity index (χ4n) is 4.25. The quantitative estimate of drug-likeness (QED) is 0.412. The molecule has 4 nitrogen and oxygen atoms in total. The first-order chi connectivity index (χ1) is 15.2.